The second kappa shape index (κ2) is 4.72. The molecule has 0 aliphatic heterocycles. The van der Waals surface area contributed by atoms with Crippen molar-refractivity contribution in [1.82, 2.24) is 9.97 Å². The Balaban J connectivity index is 2.23. The molecule has 0 fully saturated rings. The summed E-state index contributed by atoms with van der Waals surface area (Å²) in [5.74, 6) is 0.798. The fourth-order valence-electron chi connectivity index (χ4n) is 1.56. The molecule has 16 heavy (non-hydrogen) atoms. The standard InChI is InChI=1S/C12H15N3S/c1-8-6-16-7-11(8)12-14-4-10(5-15-12)3-9(2)13/h4-7,9H,3,13H2,1-2H3. The summed E-state index contributed by atoms with van der Waals surface area (Å²) in [5.41, 5.74) is 9.17. The Morgan fingerprint density at radius 2 is 2.00 bits per heavy atom. The molecule has 1 atom stereocenters. The Hall–Kier alpha value is -1.26. The molecule has 4 heteroatoms. The number of hydrogen-bond acceptors (Lipinski definition) is 4. The average molecular weight is 233 g/mol. The van der Waals surface area contributed by atoms with Crippen molar-refractivity contribution in [3.05, 3.63) is 34.3 Å². The van der Waals surface area contributed by atoms with Crippen molar-refractivity contribution in [1.29, 1.82) is 0 Å². The fourth-order valence-corrected chi connectivity index (χ4v) is 2.39. The van der Waals surface area contributed by atoms with Gasteiger partial charge in [0.15, 0.2) is 5.82 Å². The molecule has 0 saturated carbocycles. The Morgan fingerprint density at radius 1 is 1.31 bits per heavy atom. The lowest BCUT2D eigenvalue weighted by molar-refractivity contribution is 0.732. The molecule has 0 aromatic carbocycles. The van der Waals surface area contributed by atoms with E-state index < -0.39 is 0 Å². The third-order valence-corrected chi connectivity index (χ3v) is 3.22. The number of aromatic nitrogens is 2. The second-order valence-electron chi connectivity index (χ2n) is 4.06. The molecule has 2 N–H and O–H groups in total. The molecule has 0 aliphatic carbocycles. The summed E-state index contributed by atoms with van der Waals surface area (Å²) in [7, 11) is 0. The lowest BCUT2D eigenvalue weighted by Gasteiger charge is -2.05. The van der Waals surface area contributed by atoms with E-state index in [2.05, 4.69) is 27.7 Å². The minimum Gasteiger partial charge on any atom is -0.328 e. The van der Waals surface area contributed by atoms with E-state index >= 15 is 0 Å². The van der Waals surface area contributed by atoms with Crippen LogP contribution < -0.4 is 5.73 Å². The summed E-state index contributed by atoms with van der Waals surface area (Å²) in [6.07, 6.45) is 4.55. The number of thiophene rings is 1. The van der Waals surface area contributed by atoms with Crippen LogP contribution >= 0.6 is 11.3 Å². The van der Waals surface area contributed by atoms with Crippen molar-refractivity contribution in [2.24, 2.45) is 5.73 Å². The van der Waals surface area contributed by atoms with Gasteiger partial charge < -0.3 is 5.73 Å². The van der Waals surface area contributed by atoms with Gasteiger partial charge in [0, 0.05) is 29.4 Å². The zero-order chi connectivity index (χ0) is 11.5. The Morgan fingerprint density at radius 3 is 2.50 bits per heavy atom. The van der Waals surface area contributed by atoms with E-state index in [-0.39, 0.29) is 6.04 Å². The van der Waals surface area contributed by atoms with Crippen LogP contribution in [0.5, 0.6) is 0 Å². The van der Waals surface area contributed by atoms with E-state index in [0.29, 0.717) is 0 Å². The molecule has 0 radical (unpaired) electrons. The van der Waals surface area contributed by atoms with Crippen LogP contribution in [0.1, 0.15) is 18.1 Å². The minimum absolute atomic E-state index is 0.150. The number of aryl methyl sites for hydroxylation is 1. The Labute approximate surface area is 99.4 Å². The fraction of sp³-hybridized carbons (Fsp3) is 0.333. The van der Waals surface area contributed by atoms with Gasteiger partial charge in [0.2, 0.25) is 0 Å². The molecule has 0 spiro atoms. The maximum absolute atomic E-state index is 5.73. The van der Waals surface area contributed by atoms with E-state index in [0.717, 1.165) is 23.4 Å². The molecule has 0 bridgehead atoms. The zero-order valence-electron chi connectivity index (χ0n) is 9.47. The van der Waals surface area contributed by atoms with Crippen molar-refractivity contribution < 1.29 is 0 Å². The maximum atomic E-state index is 5.73. The summed E-state index contributed by atoms with van der Waals surface area (Å²) in [5, 5.41) is 4.18. The van der Waals surface area contributed by atoms with Gasteiger partial charge in [-0.05, 0) is 36.8 Å². The van der Waals surface area contributed by atoms with Gasteiger partial charge in [-0.3, -0.25) is 0 Å². The Kier molecular flexibility index (Phi) is 3.31. The monoisotopic (exact) mass is 233 g/mol. The lowest BCUT2D eigenvalue weighted by Crippen LogP contribution is -2.18. The first-order chi connectivity index (χ1) is 7.66. The van der Waals surface area contributed by atoms with Gasteiger partial charge in [-0.15, -0.1) is 0 Å². The normalized spacial score (nSPS) is 12.7. The molecule has 2 heterocycles. The van der Waals surface area contributed by atoms with Gasteiger partial charge in [0.25, 0.3) is 0 Å². The number of nitrogens with zero attached hydrogens (tertiary/aromatic N) is 2. The minimum atomic E-state index is 0.150. The molecule has 3 nitrogen and oxygen atoms in total. The van der Waals surface area contributed by atoms with E-state index in [1.807, 2.05) is 19.3 Å². The van der Waals surface area contributed by atoms with Crippen LogP contribution in [0.15, 0.2) is 23.2 Å². The lowest BCUT2D eigenvalue weighted by atomic mass is 10.1. The van der Waals surface area contributed by atoms with Crippen molar-refractivity contribution >= 4 is 11.3 Å². The summed E-state index contributed by atoms with van der Waals surface area (Å²) >= 11 is 1.68. The first-order valence-electron chi connectivity index (χ1n) is 5.26. The number of hydrogen-bond donors (Lipinski definition) is 1. The van der Waals surface area contributed by atoms with Gasteiger partial charge in [-0.2, -0.15) is 11.3 Å². The highest BCUT2D eigenvalue weighted by Gasteiger charge is 2.06. The molecule has 0 aliphatic rings. The first-order valence-corrected chi connectivity index (χ1v) is 6.21. The molecule has 0 amide bonds. The van der Waals surface area contributed by atoms with Gasteiger partial charge in [-0.1, -0.05) is 0 Å². The third kappa shape index (κ3) is 2.46. The van der Waals surface area contributed by atoms with Crippen LogP contribution in [-0.4, -0.2) is 16.0 Å². The SMILES string of the molecule is Cc1cscc1-c1ncc(CC(C)N)cn1. The Bertz CT molecular complexity index is 459. The van der Waals surface area contributed by atoms with Gasteiger partial charge in [0.1, 0.15) is 0 Å². The highest BCUT2D eigenvalue weighted by molar-refractivity contribution is 7.08. The number of nitrogens with two attached hydrogens (primary N) is 1. The van der Waals surface area contributed by atoms with Crippen LogP contribution in [0.25, 0.3) is 11.4 Å². The molecule has 84 valence electrons. The van der Waals surface area contributed by atoms with Crippen LogP contribution in [-0.2, 0) is 6.42 Å². The highest BCUT2D eigenvalue weighted by atomic mass is 32.1. The van der Waals surface area contributed by atoms with E-state index in [1.54, 1.807) is 11.3 Å². The average Bonchev–Trinajstić information content (AvgIpc) is 2.65. The number of rotatable bonds is 3. The molecule has 2 aromatic heterocycles. The van der Waals surface area contributed by atoms with Crippen LogP contribution in [0.3, 0.4) is 0 Å². The molecule has 1 unspecified atom stereocenters. The smallest absolute Gasteiger partial charge is 0.160 e. The molecular formula is C12H15N3S. The predicted octanol–water partition coefficient (Wildman–Crippen LogP) is 2.40. The quantitative estimate of drug-likeness (QED) is 0.885. The summed E-state index contributed by atoms with van der Waals surface area (Å²) in [4.78, 5) is 8.75. The van der Waals surface area contributed by atoms with E-state index in [4.69, 9.17) is 5.73 Å². The molecule has 2 rings (SSSR count). The highest BCUT2D eigenvalue weighted by Crippen LogP contribution is 2.23. The maximum Gasteiger partial charge on any atom is 0.160 e. The van der Waals surface area contributed by atoms with Gasteiger partial charge in [-0.25, -0.2) is 9.97 Å². The van der Waals surface area contributed by atoms with Crippen molar-refractivity contribution in [3.63, 3.8) is 0 Å². The van der Waals surface area contributed by atoms with Crippen LogP contribution in [0.2, 0.25) is 0 Å². The predicted molar refractivity (Wildman–Crippen MR) is 67.4 cm³/mol. The zero-order valence-corrected chi connectivity index (χ0v) is 10.3. The van der Waals surface area contributed by atoms with Gasteiger partial charge >= 0.3 is 0 Å². The summed E-state index contributed by atoms with van der Waals surface area (Å²) in [6.45, 7) is 4.06. The molecule has 2 aromatic rings. The first kappa shape index (κ1) is 11.2. The van der Waals surface area contributed by atoms with Crippen molar-refractivity contribution in [2.75, 3.05) is 0 Å². The van der Waals surface area contributed by atoms with Crippen LogP contribution in [0, 0.1) is 6.92 Å². The summed E-state index contributed by atoms with van der Waals surface area (Å²) in [6, 6.07) is 0.150. The molecular weight excluding hydrogens is 218 g/mol. The second-order valence-corrected chi connectivity index (χ2v) is 4.81. The molecule has 0 saturated heterocycles. The van der Waals surface area contributed by atoms with Crippen LogP contribution in [0.4, 0.5) is 0 Å². The van der Waals surface area contributed by atoms with Crippen molar-refractivity contribution in [3.8, 4) is 11.4 Å². The largest absolute Gasteiger partial charge is 0.328 e. The third-order valence-electron chi connectivity index (χ3n) is 2.36. The van der Waals surface area contributed by atoms with E-state index in [1.165, 1.54) is 5.56 Å². The van der Waals surface area contributed by atoms with E-state index in [9.17, 15) is 0 Å². The topological polar surface area (TPSA) is 51.8 Å². The summed E-state index contributed by atoms with van der Waals surface area (Å²) < 4.78 is 0. The van der Waals surface area contributed by atoms with Gasteiger partial charge in [0.05, 0.1) is 0 Å². The van der Waals surface area contributed by atoms with Crippen molar-refractivity contribution in [2.45, 2.75) is 26.3 Å².